The van der Waals surface area contributed by atoms with E-state index in [1.54, 1.807) is 0 Å². The highest BCUT2D eigenvalue weighted by Gasteiger charge is 2.53. The lowest BCUT2D eigenvalue weighted by molar-refractivity contribution is -0.0730. The van der Waals surface area contributed by atoms with Gasteiger partial charge in [0.2, 0.25) is 0 Å². The van der Waals surface area contributed by atoms with Crippen LogP contribution < -0.4 is 10.5 Å². The Balaban J connectivity index is 1.42. The van der Waals surface area contributed by atoms with Crippen molar-refractivity contribution in [1.82, 2.24) is 0 Å². The molecular formula is C19H27NO. The van der Waals surface area contributed by atoms with Crippen LogP contribution in [0, 0.1) is 30.1 Å². The van der Waals surface area contributed by atoms with Crippen LogP contribution in [0.3, 0.4) is 0 Å². The first-order valence-electron chi connectivity index (χ1n) is 8.58. The molecule has 4 aliphatic carbocycles. The van der Waals surface area contributed by atoms with Crippen LogP contribution in [0.15, 0.2) is 24.3 Å². The Morgan fingerprint density at radius 3 is 2.10 bits per heavy atom. The van der Waals surface area contributed by atoms with E-state index >= 15 is 0 Å². The summed E-state index contributed by atoms with van der Waals surface area (Å²) in [6.07, 6.45) is 8.51. The standard InChI is InChI=1S/C19H27NO/c1-13-2-4-17(5-3-13)21-12-18(20)19-9-14-6-15(10-19)8-16(7-14)11-19/h2-5,14-16,18H,6-12,20H2,1H3. The monoisotopic (exact) mass is 285 g/mol. The van der Waals surface area contributed by atoms with Crippen molar-refractivity contribution in [3.8, 4) is 5.75 Å². The van der Waals surface area contributed by atoms with Crippen molar-refractivity contribution >= 4 is 0 Å². The Bertz CT molecular complexity index is 472. The predicted octanol–water partition coefficient (Wildman–Crippen LogP) is 3.92. The molecule has 1 aromatic carbocycles. The Morgan fingerprint density at radius 2 is 1.57 bits per heavy atom. The fraction of sp³-hybridized carbons (Fsp3) is 0.684. The van der Waals surface area contributed by atoms with Crippen LogP contribution in [0.25, 0.3) is 0 Å². The summed E-state index contributed by atoms with van der Waals surface area (Å²) >= 11 is 0. The van der Waals surface area contributed by atoms with Crippen molar-refractivity contribution in [3.63, 3.8) is 0 Å². The van der Waals surface area contributed by atoms with Crippen LogP contribution in [-0.4, -0.2) is 12.6 Å². The summed E-state index contributed by atoms with van der Waals surface area (Å²) in [6.45, 7) is 2.78. The zero-order valence-corrected chi connectivity index (χ0v) is 13.1. The second kappa shape index (κ2) is 5.01. The van der Waals surface area contributed by atoms with Crippen LogP contribution in [0.1, 0.15) is 44.1 Å². The van der Waals surface area contributed by atoms with E-state index in [0.717, 1.165) is 23.5 Å². The van der Waals surface area contributed by atoms with Crippen molar-refractivity contribution < 1.29 is 4.74 Å². The molecule has 1 aromatic rings. The van der Waals surface area contributed by atoms with Crippen molar-refractivity contribution in [2.75, 3.05) is 6.61 Å². The minimum Gasteiger partial charge on any atom is -0.492 e. The van der Waals surface area contributed by atoms with E-state index in [-0.39, 0.29) is 6.04 Å². The Hall–Kier alpha value is -1.02. The predicted molar refractivity (Wildman–Crippen MR) is 85.3 cm³/mol. The Kier molecular flexibility index (Phi) is 3.25. The van der Waals surface area contributed by atoms with Gasteiger partial charge < -0.3 is 10.5 Å². The molecule has 0 aliphatic heterocycles. The first-order valence-corrected chi connectivity index (χ1v) is 8.58. The molecule has 4 fully saturated rings. The Morgan fingerprint density at radius 1 is 1.05 bits per heavy atom. The maximum Gasteiger partial charge on any atom is 0.119 e. The zero-order chi connectivity index (χ0) is 14.4. The molecule has 0 heterocycles. The molecule has 4 bridgehead atoms. The molecule has 4 saturated carbocycles. The lowest BCUT2D eigenvalue weighted by atomic mass is 9.48. The highest BCUT2D eigenvalue weighted by Crippen LogP contribution is 2.60. The van der Waals surface area contributed by atoms with Gasteiger partial charge >= 0.3 is 0 Å². The number of hydrogen-bond donors (Lipinski definition) is 1. The molecule has 5 rings (SSSR count). The fourth-order valence-electron chi connectivity index (χ4n) is 5.63. The van der Waals surface area contributed by atoms with E-state index in [4.69, 9.17) is 10.5 Å². The second-order valence-corrected chi connectivity index (χ2v) is 8.01. The average Bonchev–Trinajstić information content (AvgIpc) is 2.45. The number of rotatable bonds is 4. The number of benzene rings is 1. The Labute approximate surface area is 128 Å². The van der Waals surface area contributed by atoms with Gasteiger partial charge in [-0.25, -0.2) is 0 Å². The first-order chi connectivity index (χ1) is 10.1. The van der Waals surface area contributed by atoms with Gasteiger partial charge in [0.25, 0.3) is 0 Å². The number of aryl methyl sites for hydroxylation is 1. The van der Waals surface area contributed by atoms with E-state index < -0.39 is 0 Å². The summed E-state index contributed by atoms with van der Waals surface area (Å²) in [5.74, 6) is 3.84. The molecule has 0 radical (unpaired) electrons. The minimum absolute atomic E-state index is 0.201. The molecule has 0 spiro atoms. The first kappa shape index (κ1) is 13.6. The largest absolute Gasteiger partial charge is 0.492 e. The van der Waals surface area contributed by atoms with Gasteiger partial charge in [-0.05, 0) is 80.8 Å². The van der Waals surface area contributed by atoms with E-state index in [1.165, 1.54) is 44.1 Å². The smallest absolute Gasteiger partial charge is 0.119 e. The quantitative estimate of drug-likeness (QED) is 0.910. The van der Waals surface area contributed by atoms with Crippen molar-refractivity contribution in [2.24, 2.45) is 28.9 Å². The van der Waals surface area contributed by atoms with Gasteiger partial charge in [-0.2, -0.15) is 0 Å². The van der Waals surface area contributed by atoms with Crippen LogP contribution in [0.2, 0.25) is 0 Å². The number of ether oxygens (including phenoxy) is 1. The maximum absolute atomic E-state index is 6.63. The van der Waals surface area contributed by atoms with Gasteiger partial charge in [0.05, 0.1) is 0 Å². The maximum atomic E-state index is 6.63. The molecule has 114 valence electrons. The van der Waals surface area contributed by atoms with Gasteiger partial charge in [-0.3, -0.25) is 0 Å². The molecule has 1 unspecified atom stereocenters. The minimum atomic E-state index is 0.201. The van der Waals surface area contributed by atoms with E-state index in [9.17, 15) is 0 Å². The summed E-state index contributed by atoms with van der Waals surface area (Å²) in [7, 11) is 0. The third kappa shape index (κ3) is 2.48. The molecule has 0 saturated heterocycles. The summed E-state index contributed by atoms with van der Waals surface area (Å²) in [5.41, 5.74) is 8.28. The molecule has 4 aliphatic rings. The lowest BCUT2D eigenvalue weighted by Crippen LogP contribution is -2.56. The molecule has 2 nitrogen and oxygen atoms in total. The molecule has 2 heteroatoms. The van der Waals surface area contributed by atoms with Crippen LogP contribution in [0.5, 0.6) is 5.75 Å². The van der Waals surface area contributed by atoms with E-state index in [0.29, 0.717) is 12.0 Å². The third-order valence-corrected chi connectivity index (χ3v) is 6.32. The van der Waals surface area contributed by atoms with Gasteiger partial charge in [0, 0.05) is 6.04 Å². The van der Waals surface area contributed by atoms with Crippen molar-refractivity contribution in [3.05, 3.63) is 29.8 Å². The van der Waals surface area contributed by atoms with Crippen LogP contribution >= 0.6 is 0 Å². The number of nitrogens with two attached hydrogens (primary N) is 1. The molecule has 2 N–H and O–H groups in total. The summed E-state index contributed by atoms with van der Waals surface area (Å²) in [4.78, 5) is 0. The SMILES string of the molecule is Cc1ccc(OCC(N)C23CC4CC(CC(C4)C2)C3)cc1. The van der Waals surface area contributed by atoms with Gasteiger partial charge in [0.15, 0.2) is 0 Å². The lowest BCUT2D eigenvalue weighted by Gasteiger charge is -2.58. The van der Waals surface area contributed by atoms with Gasteiger partial charge in [-0.15, -0.1) is 0 Å². The topological polar surface area (TPSA) is 35.2 Å². The second-order valence-electron chi connectivity index (χ2n) is 8.01. The number of hydrogen-bond acceptors (Lipinski definition) is 2. The van der Waals surface area contributed by atoms with Crippen molar-refractivity contribution in [1.29, 1.82) is 0 Å². The molecule has 1 atom stereocenters. The normalized spacial score (nSPS) is 38.5. The fourth-order valence-corrected chi connectivity index (χ4v) is 5.63. The van der Waals surface area contributed by atoms with Crippen molar-refractivity contribution in [2.45, 2.75) is 51.5 Å². The molecule has 0 aromatic heterocycles. The van der Waals surface area contributed by atoms with E-state index in [1.807, 2.05) is 0 Å². The van der Waals surface area contributed by atoms with Crippen LogP contribution in [-0.2, 0) is 0 Å². The summed E-state index contributed by atoms with van der Waals surface area (Å²) in [6, 6.07) is 8.52. The zero-order valence-electron chi connectivity index (χ0n) is 13.1. The van der Waals surface area contributed by atoms with Gasteiger partial charge in [-0.1, -0.05) is 17.7 Å². The highest BCUT2D eigenvalue weighted by molar-refractivity contribution is 5.26. The highest BCUT2D eigenvalue weighted by atomic mass is 16.5. The van der Waals surface area contributed by atoms with Crippen LogP contribution in [0.4, 0.5) is 0 Å². The van der Waals surface area contributed by atoms with E-state index in [2.05, 4.69) is 31.2 Å². The molecular weight excluding hydrogens is 258 g/mol. The molecule has 21 heavy (non-hydrogen) atoms. The average molecular weight is 285 g/mol. The van der Waals surface area contributed by atoms with Gasteiger partial charge in [0.1, 0.15) is 12.4 Å². The molecule has 0 amide bonds. The summed E-state index contributed by atoms with van der Waals surface area (Å²) in [5, 5.41) is 0. The summed E-state index contributed by atoms with van der Waals surface area (Å²) < 4.78 is 5.99. The third-order valence-electron chi connectivity index (χ3n) is 6.32.